The van der Waals surface area contributed by atoms with Gasteiger partial charge in [0, 0.05) is 24.5 Å². The van der Waals surface area contributed by atoms with Crippen LogP contribution < -0.4 is 5.32 Å². The third kappa shape index (κ3) is 4.85. The Morgan fingerprint density at radius 3 is 2.10 bits per heavy atom. The molecule has 3 atom stereocenters. The Kier molecular flexibility index (Phi) is 7.38. The molecule has 2 rings (SSSR count). The van der Waals surface area contributed by atoms with E-state index >= 15 is 4.39 Å². The molecule has 0 heterocycles. The van der Waals surface area contributed by atoms with Crippen LogP contribution in [0.15, 0.2) is 6.07 Å². The molecule has 1 aliphatic carbocycles. The number of likely N-dealkylation sites (N-methyl/N-ethyl adjacent to an activating group) is 2. The summed E-state index contributed by atoms with van der Waals surface area (Å²) in [6.07, 6.45) is -0.775. The third-order valence-corrected chi connectivity index (χ3v) is 5.73. The summed E-state index contributed by atoms with van der Waals surface area (Å²) < 4.78 is 40.3. The van der Waals surface area contributed by atoms with E-state index in [4.69, 9.17) is 9.47 Å². The Morgan fingerprint density at radius 2 is 1.58 bits per heavy atom. The summed E-state index contributed by atoms with van der Waals surface area (Å²) in [5, 5.41) is 2.38. The van der Waals surface area contributed by atoms with Gasteiger partial charge in [-0.25, -0.2) is 13.6 Å². The summed E-state index contributed by atoms with van der Waals surface area (Å²) >= 11 is 0. The average molecular weight is 441 g/mol. The van der Waals surface area contributed by atoms with Crippen LogP contribution >= 0.6 is 0 Å². The number of ether oxygens (including phenoxy) is 2. The van der Waals surface area contributed by atoms with Gasteiger partial charge in [-0.15, -0.1) is 0 Å². The molecule has 1 unspecified atom stereocenters. The Hall–Kier alpha value is -2.59. The van der Waals surface area contributed by atoms with Crippen molar-refractivity contribution in [1.82, 2.24) is 9.80 Å². The van der Waals surface area contributed by atoms with Crippen molar-refractivity contribution in [2.45, 2.75) is 44.4 Å². The summed E-state index contributed by atoms with van der Waals surface area (Å²) in [4.78, 5) is 40.6. The molecule has 31 heavy (non-hydrogen) atoms. The highest BCUT2D eigenvalue weighted by Gasteiger charge is 2.51. The van der Waals surface area contributed by atoms with E-state index in [0.717, 1.165) is 13.2 Å². The minimum absolute atomic E-state index is 0.0909. The quantitative estimate of drug-likeness (QED) is 0.639. The van der Waals surface area contributed by atoms with Crippen LogP contribution in [0.1, 0.15) is 25.0 Å². The van der Waals surface area contributed by atoms with Gasteiger partial charge >= 0.3 is 11.9 Å². The van der Waals surface area contributed by atoms with Gasteiger partial charge in [-0.3, -0.25) is 19.4 Å². The van der Waals surface area contributed by atoms with Crippen LogP contribution in [0, 0.1) is 11.6 Å². The number of halogens is 2. The van der Waals surface area contributed by atoms with E-state index in [9.17, 15) is 18.8 Å². The molecule has 0 saturated carbocycles. The van der Waals surface area contributed by atoms with Gasteiger partial charge in [0.2, 0.25) is 11.5 Å². The lowest BCUT2D eigenvalue weighted by Crippen LogP contribution is -2.48. The van der Waals surface area contributed by atoms with Crippen molar-refractivity contribution in [3.05, 3.63) is 28.8 Å². The molecule has 0 bridgehead atoms. The zero-order chi connectivity index (χ0) is 23.7. The van der Waals surface area contributed by atoms with Crippen molar-refractivity contribution in [3.8, 4) is 0 Å². The number of esters is 2. The fourth-order valence-corrected chi connectivity index (χ4v) is 3.22. The first-order valence-electron chi connectivity index (χ1n) is 9.79. The first-order valence-corrected chi connectivity index (χ1v) is 9.79. The molecule has 0 fully saturated rings. The van der Waals surface area contributed by atoms with Gasteiger partial charge in [-0.2, -0.15) is 0 Å². The Balaban J connectivity index is 2.42. The predicted octanol–water partition coefficient (Wildman–Crippen LogP) is 1.36. The van der Waals surface area contributed by atoms with Crippen LogP contribution in [0.3, 0.4) is 0 Å². The lowest BCUT2D eigenvalue weighted by atomic mass is 10.00. The first kappa shape index (κ1) is 24.7. The third-order valence-electron chi connectivity index (χ3n) is 5.73. The topological polar surface area (TPSA) is 88.2 Å². The van der Waals surface area contributed by atoms with Gasteiger partial charge in [0.15, 0.2) is 5.82 Å². The summed E-state index contributed by atoms with van der Waals surface area (Å²) in [6.45, 7) is 3.20. The zero-order valence-electron chi connectivity index (χ0n) is 18.8. The van der Waals surface area contributed by atoms with Crippen LogP contribution in [-0.4, -0.2) is 80.6 Å². The molecule has 1 aromatic rings. The number of fused-ring (bicyclic) bond motifs is 1. The summed E-state index contributed by atoms with van der Waals surface area (Å²) in [5.41, 5.74) is -2.46. The number of nitrogens with one attached hydrogen (secondary N) is 1. The van der Waals surface area contributed by atoms with E-state index in [1.165, 1.54) is 0 Å². The van der Waals surface area contributed by atoms with E-state index in [2.05, 4.69) is 5.32 Å². The number of nitrogens with zero attached hydrogens (tertiary/aromatic N) is 2. The standard InChI is InChI=1S/C21H29F2N3O5/c1-11(25(3)4)18(27)24-16-8-15(22)13-9-21(20(29)30-7,10-14(13)17(16)23)31-19(28)12(2)26(5)6/h8,11-12H,9-10H2,1-7H3,(H,24,27)/t11-,12-,21?/m1/s1. The number of hydrogen-bond acceptors (Lipinski definition) is 7. The molecular formula is C21H29F2N3O5. The smallest absolute Gasteiger partial charge is 0.351 e. The van der Waals surface area contributed by atoms with Crippen molar-refractivity contribution in [2.24, 2.45) is 0 Å². The van der Waals surface area contributed by atoms with E-state index < -0.39 is 53.6 Å². The van der Waals surface area contributed by atoms with Gasteiger partial charge in [-0.1, -0.05) is 0 Å². The molecule has 0 aliphatic heterocycles. The largest absolute Gasteiger partial charge is 0.466 e. The van der Waals surface area contributed by atoms with E-state index in [1.54, 1.807) is 51.8 Å². The Morgan fingerprint density at radius 1 is 1.03 bits per heavy atom. The molecule has 1 aromatic carbocycles. The second-order valence-electron chi connectivity index (χ2n) is 8.21. The van der Waals surface area contributed by atoms with Crippen LogP contribution in [0.2, 0.25) is 0 Å². The highest BCUT2D eigenvalue weighted by Crippen LogP contribution is 2.39. The van der Waals surface area contributed by atoms with E-state index in [1.807, 2.05) is 0 Å². The average Bonchev–Trinajstić information content (AvgIpc) is 3.11. The molecule has 172 valence electrons. The number of carbonyl (C=O) groups excluding carboxylic acids is 3. The lowest BCUT2D eigenvalue weighted by Gasteiger charge is -2.29. The van der Waals surface area contributed by atoms with Crippen molar-refractivity contribution < 1.29 is 32.6 Å². The van der Waals surface area contributed by atoms with Crippen LogP contribution in [0.4, 0.5) is 14.5 Å². The van der Waals surface area contributed by atoms with Crippen LogP contribution in [0.5, 0.6) is 0 Å². The number of methoxy groups -OCH3 is 1. The number of carbonyl (C=O) groups is 3. The number of hydrogen-bond donors (Lipinski definition) is 1. The fourth-order valence-electron chi connectivity index (χ4n) is 3.22. The maximum absolute atomic E-state index is 15.2. The van der Waals surface area contributed by atoms with Gasteiger partial charge in [-0.05, 0) is 47.6 Å². The van der Waals surface area contributed by atoms with Crippen LogP contribution in [-0.2, 0) is 36.7 Å². The molecule has 1 aliphatic rings. The Bertz CT molecular complexity index is 890. The van der Waals surface area contributed by atoms with Gasteiger partial charge < -0.3 is 14.8 Å². The molecule has 1 amide bonds. The SMILES string of the molecule is COC(=O)C1(OC(=O)[C@@H](C)N(C)C)Cc2c(F)cc(NC(=O)[C@@H](C)N(C)C)c(F)c2C1. The molecule has 0 saturated heterocycles. The maximum atomic E-state index is 15.2. The minimum Gasteiger partial charge on any atom is -0.466 e. The van der Waals surface area contributed by atoms with E-state index in [-0.39, 0.29) is 23.2 Å². The summed E-state index contributed by atoms with van der Waals surface area (Å²) in [5.74, 6) is -3.84. The fraction of sp³-hybridized carbons (Fsp3) is 0.571. The number of anilines is 1. The number of amides is 1. The molecular weight excluding hydrogens is 412 g/mol. The van der Waals surface area contributed by atoms with Crippen molar-refractivity contribution in [3.63, 3.8) is 0 Å². The van der Waals surface area contributed by atoms with Crippen LogP contribution in [0.25, 0.3) is 0 Å². The predicted molar refractivity (Wildman–Crippen MR) is 110 cm³/mol. The first-order chi connectivity index (χ1) is 14.3. The molecule has 0 aromatic heterocycles. The second-order valence-corrected chi connectivity index (χ2v) is 8.21. The monoisotopic (exact) mass is 441 g/mol. The number of benzene rings is 1. The van der Waals surface area contributed by atoms with Gasteiger partial charge in [0.1, 0.15) is 11.9 Å². The zero-order valence-corrected chi connectivity index (χ0v) is 18.8. The van der Waals surface area contributed by atoms with E-state index in [0.29, 0.717) is 0 Å². The van der Waals surface area contributed by atoms with Crippen molar-refractivity contribution >= 4 is 23.5 Å². The maximum Gasteiger partial charge on any atom is 0.351 e. The molecule has 1 N–H and O–H groups in total. The highest BCUT2D eigenvalue weighted by atomic mass is 19.1. The van der Waals surface area contributed by atoms with Crippen molar-refractivity contribution in [1.29, 1.82) is 0 Å². The normalized spacial score (nSPS) is 19.7. The molecule has 0 spiro atoms. The minimum atomic E-state index is -1.89. The van der Waals surface area contributed by atoms with Crippen molar-refractivity contribution in [2.75, 3.05) is 40.6 Å². The molecule has 0 radical (unpaired) electrons. The molecule has 8 nitrogen and oxygen atoms in total. The van der Waals surface area contributed by atoms with Gasteiger partial charge in [0.25, 0.3) is 0 Å². The lowest BCUT2D eigenvalue weighted by molar-refractivity contribution is -0.182. The molecule has 10 heteroatoms. The number of rotatable bonds is 7. The highest BCUT2D eigenvalue weighted by molar-refractivity contribution is 5.95. The summed E-state index contributed by atoms with van der Waals surface area (Å²) in [7, 11) is 7.78. The summed E-state index contributed by atoms with van der Waals surface area (Å²) in [6, 6.07) is -0.410. The second kappa shape index (κ2) is 9.27. The Labute approximate surface area is 180 Å². The van der Waals surface area contributed by atoms with Gasteiger partial charge in [0.05, 0.1) is 18.8 Å².